The maximum absolute atomic E-state index is 5.95. The number of benzene rings is 1. The third kappa shape index (κ3) is 1.83. The lowest BCUT2D eigenvalue weighted by atomic mass is 10.1. The fourth-order valence-electron chi connectivity index (χ4n) is 1.78. The summed E-state index contributed by atoms with van der Waals surface area (Å²) < 4.78 is 7.02. The molecule has 0 saturated carbocycles. The van der Waals surface area contributed by atoms with Crippen molar-refractivity contribution < 1.29 is 4.74 Å². The van der Waals surface area contributed by atoms with Crippen molar-refractivity contribution in [1.29, 1.82) is 0 Å². The van der Waals surface area contributed by atoms with Crippen molar-refractivity contribution in [3.8, 4) is 5.75 Å². The summed E-state index contributed by atoms with van der Waals surface area (Å²) in [5.41, 5.74) is 2.30. The van der Waals surface area contributed by atoms with Gasteiger partial charge in [0.1, 0.15) is 11.9 Å². The van der Waals surface area contributed by atoms with E-state index in [2.05, 4.69) is 38.1 Å². The lowest BCUT2D eigenvalue weighted by Crippen LogP contribution is -2.23. The van der Waals surface area contributed by atoms with Gasteiger partial charge in [0, 0.05) is 10.0 Å². The summed E-state index contributed by atoms with van der Waals surface area (Å²) in [6.45, 7) is 0.820. The van der Waals surface area contributed by atoms with E-state index in [1.165, 1.54) is 5.56 Å². The molecule has 0 amide bonds. The Balaban J connectivity index is 1.89. The van der Waals surface area contributed by atoms with E-state index in [9.17, 15) is 0 Å². The minimum absolute atomic E-state index is 0.125. The smallest absolute Gasteiger partial charge is 0.143 e. The molecule has 0 spiro atoms. The van der Waals surface area contributed by atoms with E-state index in [0.29, 0.717) is 0 Å². The Morgan fingerprint density at radius 1 is 1.38 bits per heavy atom. The van der Waals surface area contributed by atoms with E-state index in [-0.39, 0.29) is 6.10 Å². The molecule has 1 unspecified atom stereocenters. The van der Waals surface area contributed by atoms with E-state index < -0.39 is 0 Å². The van der Waals surface area contributed by atoms with Crippen molar-refractivity contribution in [3.63, 3.8) is 0 Å². The molecule has 2 nitrogen and oxygen atoms in total. The van der Waals surface area contributed by atoms with E-state index in [1.807, 2.05) is 18.2 Å². The second-order valence-electron chi connectivity index (χ2n) is 3.68. The lowest BCUT2D eigenvalue weighted by molar-refractivity contribution is 0.211. The fraction of sp³-hybridized carbons (Fsp3) is 0.167. The van der Waals surface area contributed by atoms with Crippen molar-refractivity contribution >= 4 is 33.0 Å². The fourth-order valence-corrected chi connectivity index (χ4v) is 2.85. The summed E-state index contributed by atoms with van der Waals surface area (Å²) >= 11 is 5.15. The van der Waals surface area contributed by atoms with E-state index >= 15 is 0 Å². The first kappa shape index (κ1) is 10.2. The molecule has 82 valence electrons. The van der Waals surface area contributed by atoms with Gasteiger partial charge < -0.3 is 10.1 Å². The Hall–Kier alpha value is -1.00. The highest BCUT2D eigenvalue weighted by molar-refractivity contribution is 9.10. The van der Waals surface area contributed by atoms with Gasteiger partial charge in [-0.1, -0.05) is 15.9 Å². The number of rotatable bonds is 1. The first-order chi connectivity index (χ1) is 7.83. The zero-order valence-electron chi connectivity index (χ0n) is 8.44. The second kappa shape index (κ2) is 4.11. The monoisotopic (exact) mass is 295 g/mol. The molecule has 1 aliphatic rings. The molecule has 0 aliphatic carbocycles. The molecule has 1 aromatic heterocycles. The van der Waals surface area contributed by atoms with Crippen LogP contribution < -0.4 is 10.1 Å². The molecule has 0 bridgehead atoms. The summed E-state index contributed by atoms with van der Waals surface area (Å²) in [7, 11) is 0. The van der Waals surface area contributed by atoms with Gasteiger partial charge in [0.15, 0.2) is 0 Å². The Kier molecular flexibility index (Phi) is 2.61. The molecular weight excluding hydrogens is 286 g/mol. The van der Waals surface area contributed by atoms with E-state index in [1.54, 1.807) is 11.3 Å². The van der Waals surface area contributed by atoms with Gasteiger partial charge in [0.25, 0.3) is 0 Å². The normalized spacial score (nSPS) is 18.4. The SMILES string of the molecule is Brc1ccc2c(c1)NCC(c1ccsc1)O2. The van der Waals surface area contributed by atoms with Crippen LogP contribution in [0.15, 0.2) is 39.5 Å². The van der Waals surface area contributed by atoms with Crippen LogP contribution in [0, 0.1) is 0 Å². The Morgan fingerprint density at radius 2 is 2.31 bits per heavy atom. The van der Waals surface area contributed by atoms with Crippen molar-refractivity contribution in [1.82, 2.24) is 0 Å². The van der Waals surface area contributed by atoms with Crippen molar-refractivity contribution in [2.45, 2.75) is 6.10 Å². The van der Waals surface area contributed by atoms with Crippen LogP contribution in [0.1, 0.15) is 11.7 Å². The highest BCUT2D eigenvalue weighted by atomic mass is 79.9. The number of anilines is 1. The molecular formula is C12H10BrNOS. The zero-order valence-corrected chi connectivity index (χ0v) is 10.8. The van der Waals surface area contributed by atoms with Crippen LogP contribution in [0.4, 0.5) is 5.69 Å². The standard InChI is InChI=1S/C12H10BrNOS/c13-9-1-2-11-10(5-9)14-6-12(15-11)8-3-4-16-7-8/h1-5,7,12,14H,6H2. The molecule has 1 aromatic carbocycles. The first-order valence-electron chi connectivity index (χ1n) is 5.05. The molecule has 2 aromatic rings. The highest BCUT2D eigenvalue weighted by Crippen LogP contribution is 2.36. The minimum Gasteiger partial charge on any atom is -0.482 e. The van der Waals surface area contributed by atoms with Gasteiger partial charge in [0.05, 0.1) is 12.2 Å². The summed E-state index contributed by atoms with van der Waals surface area (Å²) in [6, 6.07) is 8.14. The molecule has 2 heterocycles. The number of thiophene rings is 1. The second-order valence-corrected chi connectivity index (χ2v) is 5.38. The van der Waals surface area contributed by atoms with Crippen LogP contribution in [0.3, 0.4) is 0 Å². The predicted molar refractivity (Wildman–Crippen MR) is 70.3 cm³/mol. The zero-order chi connectivity index (χ0) is 11.0. The number of nitrogens with one attached hydrogen (secondary N) is 1. The van der Waals surface area contributed by atoms with Crippen LogP contribution >= 0.6 is 27.3 Å². The molecule has 0 fully saturated rings. The van der Waals surface area contributed by atoms with Gasteiger partial charge in [-0.3, -0.25) is 0 Å². The largest absolute Gasteiger partial charge is 0.482 e. The third-order valence-corrected chi connectivity index (χ3v) is 3.80. The van der Waals surface area contributed by atoms with Crippen LogP contribution in [-0.2, 0) is 0 Å². The first-order valence-corrected chi connectivity index (χ1v) is 6.79. The Morgan fingerprint density at radius 3 is 3.12 bits per heavy atom. The van der Waals surface area contributed by atoms with Gasteiger partial charge in [-0.2, -0.15) is 11.3 Å². The quantitative estimate of drug-likeness (QED) is 0.857. The lowest BCUT2D eigenvalue weighted by Gasteiger charge is -2.27. The maximum atomic E-state index is 5.95. The van der Waals surface area contributed by atoms with Gasteiger partial charge >= 0.3 is 0 Å². The molecule has 0 saturated heterocycles. The number of hydrogen-bond acceptors (Lipinski definition) is 3. The van der Waals surface area contributed by atoms with Crippen LogP contribution in [0.25, 0.3) is 0 Å². The predicted octanol–water partition coefficient (Wildman–Crippen LogP) is 4.06. The van der Waals surface area contributed by atoms with Gasteiger partial charge in [-0.15, -0.1) is 0 Å². The van der Waals surface area contributed by atoms with Crippen LogP contribution in [0.5, 0.6) is 5.75 Å². The van der Waals surface area contributed by atoms with Crippen molar-refractivity contribution in [2.24, 2.45) is 0 Å². The molecule has 3 rings (SSSR count). The van der Waals surface area contributed by atoms with Gasteiger partial charge in [-0.05, 0) is 35.0 Å². The molecule has 4 heteroatoms. The third-order valence-electron chi connectivity index (χ3n) is 2.60. The highest BCUT2D eigenvalue weighted by Gasteiger charge is 2.20. The molecule has 0 radical (unpaired) electrons. The van der Waals surface area contributed by atoms with E-state index in [0.717, 1.165) is 22.5 Å². The topological polar surface area (TPSA) is 21.3 Å². The minimum atomic E-state index is 0.125. The summed E-state index contributed by atoms with van der Waals surface area (Å²) in [4.78, 5) is 0. The van der Waals surface area contributed by atoms with Crippen molar-refractivity contribution in [2.75, 3.05) is 11.9 Å². The van der Waals surface area contributed by atoms with E-state index in [4.69, 9.17) is 4.74 Å². The van der Waals surface area contributed by atoms with Gasteiger partial charge in [-0.25, -0.2) is 0 Å². The summed E-state index contributed by atoms with van der Waals surface area (Å²) in [5.74, 6) is 0.922. The molecule has 1 atom stereocenters. The number of halogens is 1. The molecule has 16 heavy (non-hydrogen) atoms. The average Bonchev–Trinajstić information content (AvgIpc) is 2.82. The van der Waals surface area contributed by atoms with Crippen LogP contribution in [-0.4, -0.2) is 6.54 Å². The Bertz CT molecular complexity index is 498. The number of hydrogen-bond donors (Lipinski definition) is 1. The summed E-state index contributed by atoms with van der Waals surface area (Å²) in [5, 5.41) is 7.61. The Labute approximate surface area is 106 Å². The maximum Gasteiger partial charge on any atom is 0.143 e. The van der Waals surface area contributed by atoms with Crippen LogP contribution in [0.2, 0.25) is 0 Å². The number of fused-ring (bicyclic) bond motifs is 1. The molecule has 1 aliphatic heterocycles. The van der Waals surface area contributed by atoms with Crippen molar-refractivity contribution in [3.05, 3.63) is 45.1 Å². The average molecular weight is 296 g/mol. The summed E-state index contributed by atoms with van der Waals surface area (Å²) in [6.07, 6.45) is 0.125. The number of ether oxygens (including phenoxy) is 1. The molecule has 1 N–H and O–H groups in total. The van der Waals surface area contributed by atoms with Gasteiger partial charge in [0.2, 0.25) is 0 Å².